The highest BCUT2D eigenvalue weighted by Gasteiger charge is 2.15. The summed E-state index contributed by atoms with van der Waals surface area (Å²) < 4.78 is 0.933. The highest BCUT2D eigenvalue weighted by molar-refractivity contribution is 5.83. The average Bonchev–Trinajstić information content (AvgIpc) is 2.41. The van der Waals surface area contributed by atoms with Crippen LogP contribution in [0.1, 0.15) is 44.2 Å². The fourth-order valence-corrected chi connectivity index (χ4v) is 2.48. The van der Waals surface area contributed by atoms with Crippen LogP contribution in [0.2, 0.25) is 0 Å². The number of carbonyl (C=O) groups is 1. The van der Waals surface area contributed by atoms with Crippen molar-refractivity contribution in [2.45, 2.75) is 39.5 Å². The van der Waals surface area contributed by atoms with E-state index < -0.39 is 0 Å². The Balaban J connectivity index is 0.00000484. The van der Waals surface area contributed by atoms with Gasteiger partial charge in [0.1, 0.15) is 0 Å². The van der Waals surface area contributed by atoms with Crippen LogP contribution in [0.25, 0.3) is 0 Å². The van der Waals surface area contributed by atoms with E-state index in [0.29, 0.717) is 5.92 Å². The van der Waals surface area contributed by atoms with E-state index in [-0.39, 0.29) is 35.8 Å². The Bertz CT molecular complexity index is 463. The molecule has 0 aromatic heterocycles. The number of halogens is 1. The molecule has 1 aromatic carbocycles. The van der Waals surface area contributed by atoms with E-state index in [2.05, 4.69) is 64.6 Å². The van der Waals surface area contributed by atoms with E-state index in [1.54, 1.807) is 0 Å². The van der Waals surface area contributed by atoms with Gasteiger partial charge in [-0.3, -0.25) is 4.79 Å². The summed E-state index contributed by atoms with van der Waals surface area (Å²) in [6.45, 7) is 8.25. The molecule has 1 N–H and O–H groups in total. The normalized spacial score (nSPS) is 12.7. The molecule has 132 valence electrons. The highest BCUT2D eigenvalue weighted by atomic mass is 127. The zero-order chi connectivity index (χ0) is 16.8. The van der Waals surface area contributed by atoms with Gasteiger partial charge in [0.2, 0.25) is 5.91 Å². The van der Waals surface area contributed by atoms with Crippen molar-refractivity contribution in [1.82, 2.24) is 5.32 Å². The molecule has 4 heteroatoms. The molecular formula is C19H33IN2O. The topological polar surface area (TPSA) is 29.1 Å². The third-order valence-electron chi connectivity index (χ3n) is 3.82. The number of benzene rings is 1. The van der Waals surface area contributed by atoms with E-state index in [9.17, 15) is 4.79 Å². The number of hydrogen-bond donors (Lipinski definition) is 1. The number of quaternary nitrogens is 1. The molecule has 0 saturated heterocycles. The van der Waals surface area contributed by atoms with Crippen LogP contribution >= 0.6 is 0 Å². The summed E-state index contributed by atoms with van der Waals surface area (Å²) in [5.41, 5.74) is 2.44. The van der Waals surface area contributed by atoms with Crippen LogP contribution in [0.5, 0.6) is 0 Å². The molecule has 1 rings (SSSR count). The zero-order valence-corrected chi connectivity index (χ0v) is 17.7. The van der Waals surface area contributed by atoms with Gasteiger partial charge in [0, 0.05) is 13.0 Å². The monoisotopic (exact) mass is 432 g/mol. The van der Waals surface area contributed by atoms with Gasteiger partial charge in [-0.1, -0.05) is 38.1 Å². The quantitative estimate of drug-likeness (QED) is 0.355. The standard InChI is InChI=1S/C19H32N2O.HI/c1-15(2)14-17-8-10-18(11-9-17)16(3)19(22)20-12-7-13-21(4,5)6;/h8-11,15-16H,7,12-14H2,1-6H3;1H. The lowest BCUT2D eigenvalue weighted by Crippen LogP contribution is -3.00. The lowest BCUT2D eigenvalue weighted by atomic mass is 9.96. The van der Waals surface area contributed by atoms with Crippen molar-refractivity contribution < 1.29 is 33.3 Å². The van der Waals surface area contributed by atoms with E-state index in [4.69, 9.17) is 0 Å². The SMILES string of the molecule is CC(C)Cc1ccc(C(C)C(=O)NCCC[N+](C)(C)C)cc1.[I-]. The molecule has 23 heavy (non-hydrogen) atoms. The summed E-state index contributed by atoms with van der Waals surface area (Å²) in [7, 11) is 6.51. The summed E-state index contributed by atoms with van der Waals surface area (Å²) >= 11 is 0. The fraction of sp³-hybridized carbons (Fsp3) is 0.632. The van der Waals surface area contributed by atoms with Gasteiger partial charge in [-0.05, 0) is 30.4 Å². The molecule has 0 bridgehead atoms. The molecule has 0 heterocycles. The molecule has 0 aliphatic carbocycles. The molecule has 0 fully saturated rings. The van der Waals surface area contributed by atoms with Gasteiger partial charge >= 0.3 is 0 Å². The molecule has 1 unspecified atom stereocenters. The first-order valence-electron chi connectivity index (χ1n) is 8.36. The maximum absolute atomic E-state index is 12.2. The molecule has 0 spiro atoms. The van der Waals surface area contributed by atoms with Crippen LogP contribution < -0.4 is 29.3 Å². The molecule has 0 aliphatic rings. The minimum Gasteiger partial charge on any atom is -1.00 e. The van der Waals surface area contributed by atoms with E-state index in [0.717, 1.165) is 36.0 Å². The van der Waals surface area contributed by atoms with Crippen molar-refractivity contribution in [1.29, 1.82) is 0 Å². The van der Waals surface area contributed by atoms with Crippen molar-refractivity contribution >= 4 is 5.91 Å². The first-order chi connectivity index (χ1) is 10.2. The van der Waals surface area contributed by atoms with Crippen molar-refractivity contribution in [2.75, 3.05) is 34.2 Å². The predicted octanol–water partition coefficient (Wildman–Crippen LogP) is 0.205. The van der Waals surface area contributed by atoms with Gasteiger partial charge in [0.05, 0.1) is 33.6 Å². The second-order valence-corrected chi connectivity index (χ2v) is 7.72. The second kappa shape index (κ2) is 10.3. The number of amides is 1. The highest BCUT2D eigenvalue weighted by Crippen LogP contribution is 2.17. The van der Waals surface area contributed by atoms with Gasteiger partial charge < -0.3 is 33.8 Å². The van der Waals surface area contributed by atoms with Crippen LogP contribution in [-0.2, 0) is 11.2 Å². The van der Waals surface area contributed by atoms with Crippen LogP contribution in [0.15, 0.2) is 24.3 Å². The molecule has 3 nitrogen and oxygen atoms in total. The van der Waals surface area contributed by atoms with Gasteiger partial charge in [0.15, 0.2) is 0 Å². The third kappa shape index (κ3) is 9.30. The van der Waals surface area contributed by atoms with Crippen molar-refractivity contribution in [3.05, 3.63) is 35.4 Å². The summed E-state index contributed by atoms with van der Waals surface area (Å²) in [5, 5.41) is 3.05. The number of rotatable bonds is 8. The molecule has 1 aromatic rings. The minimum absolute atomic E-state index is 0. The summed E-state index contributed by atoms with van der Waals surface area (Å²) in [5.74, 6) is 0.697. The zero-order valence-electron chi connectivity index (χ0n) is 15.5. The van der Waals surface area contributed by atoms with Crippen LogP contribution in [0.4, 0.5) is 0 Å². The van der Waals surface area contributed by atoms with Crippen LogP contribution in [0, 0.1) is 5.92 Å². The first kappa shape index (κ1) is 22.4. The Labute approximate surface area is 159 Å². The molecule has 1 amide bonds. The molecule has 0 radical (unpaired) electrons. The van der Waals surface area contributed by atoms with Crippen molar-refractivity contribution in [3.63, 3.8) is 0 Å². The molecule has 1 atom stereocenters. The lowest BCUT2D eigenvalue weighted by molar-refractivity contribution is -0.870. The largest absolute Gasteiger partial charge is 1.00 e. The molecular weight excluding hydrogens is 399 g/mol. The van der Waals surface area contributed by atoms with Crippen molar-refractivity contribution in [2.24, 2.45) is 5.92 Å². The minimum atomic E-state index is -0.0859. The number of carbonyl (C=O) groups excluding carboxylic acids is 1. The Hall–Kier alpha value is -0.620. The summed E-state index contributed by atoms with van der Waals surface area (Å²) in [4.78, 5) is 12.2. The maximum atomic E-state index is 12.2. The fourth-order valence-electron chi connectivity index (χ4n) is 2.48. The summed E-state index contributed by atoms with van der Waals surface area (Å²) in [6, 6.07) is 8.48. The van der Waals surface area contributed by atoms with E-state index in [1.807, 2.05) is 6.92 Å². The van der Waals surface area contributed by atoms with Crippen molar-refractivity contribution in [3.8, 4) is 0 Å². The van der Waals surface area contributed by atoms with E-state index >= 15 is 0 Å². The van der Waals surface area contributed by atoms with Gasteiger partial charge in [0.25, 0.3) is 0 Å². The Morgan fingerprint density at radius 3 is 2.13 bits per heavy atom. The smallest absolute Gasteiger partial charge is 0.227 e. The number of nitrogens with one attached hydrogen (secondary N) is 1. The third-order valence-corrected chi connectivity index (χ3v) is 3.82. The van der Waals surface area contributed by atoms with E-state index in [1.165, 1.54) is 5.56 Å². The van der Waals surface area contributed by atoms with Gasteiger partial charge in [-0.2, -0.15) is 0 Å². The molecule has 0 saturated carbocycles. The average molecular weight is 432 g/mol. The Morgan fingerprint density at radius 1 is 1.09 bits per heavy atom. The predicted molar refractivity (Wildman–Crippen MR) is 93.9 cm³/mol. The maximum Gasteiger partial charge on any atom is 0.227 e. The second-order valence-electron chi connectivity index (χ2n) is 7.72. The van der Waals surface area contributed by atoms with Crippen LogP contribution in [-0.4, -0.2) is 44.6 Å². The van der Waals surface area contributed by atoms with Gasteiger partial charge in [-0.15, -0.1) is 0 Å². The first-order valence-corrected chi connectivity index (χ1v) is 8.36. The Kier molecular flexibility index (Phi) is 10.0. The lowest BCUT2D eigenvalue weighted by Gasteiger charge is -2.23. The van der Waals surface area contributed by atoms with Crippen LogP contribution in [0.3, 0.4) is 0 Å². The Morgan fingerprint density at radius 2 is 1.65 bits per heavy atom. The van der Waals surface area contributed by atoms with Gasteiger partial charge in [-0.25, -0.2) is 0 Å². The number of hydrogen-bond acceptors (Lipinski definition) is 1. The molecule has 0 aliphatic heterocycles. The number of nitrogens with zero attached hydrogens (tertiary/aromatic N) is 1. The summed E-state index contributed by atoms with van der Waals surface area (Å²) in [6.07, 6.45) is 2.10.